The summed E-state index contributed by atoms with van der Waals surface area (Å²) in [7, 11) is 0. The summed E-state index contributed by atoms with van der Waals surface area (Å²) >= 11 is 9.72. The monoisotopic (exact) mass is 591 g/mol. The van der Waals surface area contributed by atoms with E-state index in [4.69, 9.17) is 11.6 Å². The first-order valence-electron chi connectivity index (χ1n) is 11.9. The number of nitrogens with zero attached hydrogens (tertiary/aromatic N) is 3. The van der Waals surface area contributed by atoms with Crippen LogP contribution in [0, 0.1) is 28.9 Å². The molecule has 38 heavy (non-hydrogen) atoms. The Morgan fingerprint density at radius 2 is 1.68 bits per heavy atom. The number of carbonyl (C=O) groups excluding carboxylic acids is 3. The zero-order chi connectivity index (χ0) is 26.9. The Balaban J connectivity index is 1.49. The average molecular weight is 593 g/mol. The summed E-state index contributed by atoms with van der Waals surface area (Å²) in [4.78, 5) is 55.7. The van der Waals surface area contributed by atoms with Crippen LogP contribution in [0.15, 0.2) is 71.2 Å². The Kier molecular flexibility index (Phi) is 5.73. The molecule has 3 heterocycles. The van der Waals surface area contributed by atoms with Gasteiger partial charge < -0.3 is 4.90 Å². The van der Waals surface area contributed by atoms with Gasteiger partial charge in [-0.25, -0.2) is 4.90 Å². The van der Waals surface area contributed by atoms with Gasteiger partial charge in [0.05, 0.1) is 28.5 Å². The Labute approximate surface area is 230 Å². The maximum Gasteiger partial charge on any atom is 0.269 e. The van der Waals surface area contributed by atoms with Gasteiger partial charge in [0.1, 0.15) is 6.04 Å². The minimum absolute atomic E-state index is 0.135. The van der Waals surface area contributed by atoms with E-state index in [1.807, 2.05) is 23.1 Å². The molecule has 0 N–H and O–H groups in total. The van der Waals surface area contributed by atoms with Gasteiger partial charge in [-0.2, -0.15) is 0 Å². The predicted molar refractivity (Wildman–Crippen MR) is 146 cm³/mol. The van der Waals surface area contributed by atoms with Crippen molar-refractivity contribution in [2.24, 2.45) is 11.8 Å². The zero-order valence-corrected chi connectivity index (χ0v) is 22.2. The Morgan fingerprint density at radius 3 is 2.37 bits per heavy atom. The number of carbonyl (C=O) groups is 3. The van der Waals surface area contributed by atoms with E-state index in [1.165, 1.54) is 18.2 Å². The van der Waals surface area contributed by atoms with E-state index in [0.717, 1.165) is 14.9 Å². The molecule has 4 atom stereocenters. The first-order chi connectivity index (χ1) is 18.2. The molecule has 3 aliphatic heterocycles. The van der Waals surface area contributed by atoms with E-state index in [-0.39, 0.29) is 17.2 Å². The molecule has 190 valence electrons. The number of anilines is 2. The van der Waals surface area contributed by atoms with E-state index in [0.29, 0.717) is 21.8 Å². The minimum atomic E-state index is -0.951. The SMILES string of the molecule is Cc1cc([N+](=O)[O-])ccc1N1C(=O)C2C(C1=O)C(C(=O)c1ccc(Br)cc1)N1c3cc(Cl)ccc3C=CC21. The molecule has 0 saturated carbocycles. The predicted octanol–water partition coefficient (Wildman–Crippen LogP) is 5.59. The van der Waals surface area contributed by atoms with Crippen molar-refractivity contribution < 1.29 is 19.3 Å². The van der Waals surface area contributed by atoms with E-state index in [2.05, 4.69) is 15.9 Å². The van der Waals surface area contributed by atoms with Gasteiger partial charge in [0.15, 0.2) is 5.78 Å². The standard InChI is InChI=1S/C28H19BrClN3O5/c1-14-12-19(33(37)38)9-11-20(14)32-27(35)23-21-10-5-15-4-8-18(30)13-22(15)31(21)25(24(23)28(32)36)26(34)16-2-6-17(29)7-3-16/h2-13,21,23-25H,1H3. The maximum atomic E-state index is 14.1. The number of nitro benzene ring substituents is 1. The lowest BCUT2D eigenvalue weighted by Crippen LogP contribution is -2.49. The second-order valence-electron chi connectivity index (χ2n) is 9.57. The van der Waals surface area contributed by atoms with Crippen molar-refractivity contribution >= 4 is 68.3 Å². The van der Waals surface area contributed by atoms with Crippen molar-refractivity contribution in [2.45, 2.75) is 19.0 Å². The second kappa shape index (κ2) is 8.89. The Bertz CT molecular complexity index is 1590. The molecule has 3 aromatic rings. The van der Waals surface area contributed by atoms with Gasteiger partial charge in [-0.3, -0.25) is 24.5 Å². The highest BCUT2D eigenvalue weighted by Crippen LogP contribution is 2.50. The molecule has 2 fully saturated rings. The second-order valence-corrected chi connectivity index (χ2v) is 10.9. The summed E-state index contributed by atoms with van der Waals surface area (Å²) < 4.78 is 0.807. The molecule has 2 saturated heterocycles. The molecule has 3 aliphatic rings. The van der Waals surface area contributed by atoms with E-state index in [9.17, 15) is 24.5 Å². The number of amides is 2. The molecule has 4 unspecified atom stereocenters. The molecular formula is C28H19BrClN3O5. The van der Waals surface area contributed by atoms with Crippen LogP contribution in [-0.4, -0.2) is 34.6 Å². The molecule has 10 heteroatoms. The van der Waals surface area contributed by atoms with Gasteiger partial charge in [0, 0.05) is 32.9 Å². The lowest BCUT2D eigenvalue weighted by Gasteiger charge is -2.36. The number of rotatable bonds is 4. The molecular weight excluding hydrogens is 574 g/mol. The first kappa shape index (κ1) is 24.5. The van der Waals surface area contributed by atoms with Crippen molar-refractivity contribution in [1.29, 1.82) is 0 Å². The van der Waals surface area contributed by atoms with Crippen molar-refractivity contribution in [3.63, 3.8) is 0 Å². The zero-order valence-electron chi connectivity index (χ0n) is 19.9. The normalized spacial score (nSPS) is 23.3. The van der Waals surface area contributed by atoms with Crippen LogP contribution >= 0.6 is 27.5 Å². The number of nitro groups is 1. The lowest BCUT2D eigenvalue weighted by atomic mass is 9.86. The molecule has 0 spiro atoms. The van der Waals surface area contributed by atoms with Gasteiger partial charge in [0.25, 0.3) is 5.69 Å². The van der Waals surface area contributed by atoms with Crippen LogP contribution in [0.3, 0.4) is 0 Å². The van der Waals surface area contributed by atoms with Crippen LogP contribution < -0.4 is 9.80 Å². The van der Waals surface area contributed by atoms with Gasteiger partial charge in [-0.05, 0) is 48.4 Å². The number of Topliss-reactive ketones (excluding diaryl/α,β-unsaturated/α-hetero) is 1. The lowest BCUT2D eigenvalue weighted by molar-refractivity contribution is -0.384. The topological polar surface area (TPSA) is 101 Å². The smallest absolute Gasteiger partial charge is 0.269 e. The molecule has 3 aromatic carbocycles. The van der Waals surface area contributed by atoms with Crippen LogP contribution in [0.25, 0.3) is 6.08 Å². The van der Waals surface area contributed by atoms with Crippen LogP contribution in [0.1, 0.15) is 21.5 Å². The summed E-state index contributed by atoms with van der Waals surface area (Å²) in [5, 5.41) is 11.7. The summed E-state index contributed by atoms with van der Waals surface area (Å²) in [6.07, 6.45) is 3.74. The highest BCUT2D eigenvalue weighted by atomic mass is 79.9. The van der Waals surface area contributed by atoms with Crippen molar-refractivity contribution in [2.75, 3.05) is 9.80 Å². The molecule has 0 bridgehead atoms. The first-order valence-corrected chi connectivity index (χ1v) is 13.0. The van der Waals surface area contributed by atoms with Gasteiger partial charge in [-0.1, -0.05) is 57.9 Å². The van der Waals surface area contributed by atoms with Gasteiger partial charge in [-0.15, -0.1) is 0 Å². The number of halogens is 2. The fraction of sp³-hybridized carbons (Fsp3) is 0.179. The number of imide groups is 1. The number of hydrogen-bond acceptors (Lipinski definition) is 6. The van der Waals surface area contributed by atoms with Crippen molar-refractivity contribution in [1.82, 2.24) is 0 Å². The van der Waals surface area contributed by atoms with Crippen LogP contribution in [0.4, 0.5) is 17.1 Å². The summed E-state index contributed by atoms with van der Waals surface area (Å²) in [6.45, 7) is 1.62. The van der Waals surface area contributed by atoms with Gasteiger partial charge in [0.2, 0.25) is 11.8 Å². The third-order valence-electron chi connectivity index (χ3n) is 7.50. The maximum absolute atomic E-state index is 14.1. The third kappa shape index (κ3) is 3.60. The fourth-order valence-corrected chi connectivity index (χ4v) is 6.29. The summed E-state index contributed by atoms with van der Waals surface area (Å²) in [6, 6.07) is 14.8. The van der Waals surface area contributed by atoms with E-state index >= 15 is 0 Å². The summed E-state index contributed by atoms with van der Waals surface area (Å²) in [5.74, 6) is -2.98. The number of aryl methyl sites for hydroxylation is 1. The highest BCUT2D eigenvalue weighted by Gasteiger charge is 2.64. The highest BCUT2D eigenvalue weighted by molar-refractivity contribution is 9.10. The molecule has 6 rings (SSSR count). The Morgan fingerprint density at radius 1 is 0.974 bits per heavy atom. The minimum Gasteiger partial charge on any atom is -0.352 e. The van der Waals surface area contributed by atoms with Crippen molar-refractivity contribution in [3.05, 3.63) is 103 Å². The summed E-state index contributed by atoms with van der Waals surface area (Å²) in [5.41, 5.74) is 2.51. The fourth-order valence-electron chi connectivity index (χ4n) is 5.86. The van der Waals surface area contributed by atoms with Crippen molar-refractivity contribution in [3.8, 4) is 0 Å². The Hall–Kier alpha value is -3.82. The largest absolute Gasteiger partial charge is 0.352 e. The third-order valence-corrected chi connectivity index (χ3v) is 8.26. The number of non-ortho nitro benzene ring substituents is 1. The number of ketones is 1. The molecule has 0 aromatic heterocycles. The number of benzene rings is 3. The quantitative estimate of drug-likeness (QED) is 0.169. The number of fused-ring (bicyclic) bond motifs is 5. The molecule has 2 amide bonds. The van der Waals surface area contributed by atoms with Crippen LogP contribution in [-0.2, 0) is 9.59 Å². The van der Waals surface area contributed by atoms with E-state index in [1.54, 1.807) is 43.3 Å². The molecule has 0 radical (unpaired) electrons. The average Bonchev–Trinajstić information content (AvgIpc) is 3.37. The van der Waals surface area contributed by atoms with Crippen LogP contribution in [0.2, 0.25) is 5.02 Å². The molecule has 8 nitrogen and oxygen atoms in total. The van der Waals surface area contributed by atoms with E-state index < -0.39 is 40.7 Å². The molecule has 0 aliphatic carbocycles. The van der Waals surface area contributed by atoms with Crippen LogP contribution in [0.5, 0.6) is 0 Å². The van der Waals surface area contributed by atoms with Gasteiger partial charge >= 0.3 is 0 Å². The number of hydrogen-bond donors (Lipinski definition) is 0.